The molecule has 10 rings (SSSR count). The molecule has 0 aliphatic carbocycles. The van der Waals surface area contributed by atoms with Gasteiger partial charge in [-0.1, -0.05) is 126 Å². The second-order valence-electron chi connectivity index (χ2n) is 14.0. The molecule has 0 aliphatic rings. The molecule has 0 saturated carbocycles. The minimum absolute atomic E-state index is 1.16. The summed E-state index contributed by atoms with van der Waals surface area (Å²) < 4.78 is 4.81. The van der Waals surface area contributed by atoms with Crippen molar-refractivity contribution in [3.8, 4) is 44.8 Å². The summed E-state index contributed by atoms with van der Waals surface area (Å²) in [7, 11) is 0. The van der Waals surface area contributed by atoms with Crippen molar-refractivity contribution < 1.29 is 0 Å². The molecule has 0 unspecified atom stereocenters. The SMILES string of the molecule is Cc1ccc(-c2ccc(-n3c4ccccc4c4cc(-c5ccc6c(c5)c5cc(C)ccc5n6-c5ccc(-c6ccccc6)cc5)ccc43)cc2)cc1. The Kier molecular flexibility index (Phi) is 6.97. The Bertz CT molecular complexity index is 2920. The van der Waals surface area contributed by atoms with Crippen LogP contribution in [0.25, 0.3) is 88.4 Å². The minimum Gasteiger partial charge on any atom is -0.309 e. The van der Waals surface area contributed by atoms with Crippen LogP contribution in [0.15, 0.2) is 182 Å². The Morgan fingerprint density at radius 2 is 0.654 bits per heavy atom. The molecule has 0 fully saturated rings. The molecule has 0 radical (unpaired) electrons. The van der Waals surface area contributed by atoms with Crippen molar-refractivity contribution in [2.75, 3.05) is 0 Å². The van der Waals surface area contributed by atoms with Gasteiger partial charge >= 0.3 is 0 Å². The van der Waals surface area contributed by atoms with Crippen LogP contribution in [0.1, 0.15) is 11.1 Å². The Hall–Kier alpha value is -6.64. The van der Waals surface area contributed by atoms with E-state index in [0.29, 0.717) is 0 Å². The summed E-state index contributed by atoms with van der Waals surface area (Å²) in [4.78, 5) is 0. The van der Waals surface area contributed by atoms with Crippen molar-refractivity contribution >= 4 is 43.6 Å². The lowest BCUT2D eigenvalue weighted by atomic mass is 10.00. The van der Waals surface area contributed by atoms with Crippen molar-refractivity contribution in [3.05, 3.63) is 193 Å². The highest BCUT2D eigenvalue weighted by atomic mass is 15.0. The Morgan fingerprint density at radius 1 is 0.269 bits per heavy atom. The zero-order valence-electron chi connectivity index (χ0n) is 29.2. The molecule has 0 aliphatic heterocycles. The highest BCUT2D eigenvalue weighted by Crippen LogP contribution is 2.39. The van der Waals surface area contributed by atoms with Crippen molar-refractivity contribution in [1.29, 1.82) is 0 Å². The molecular weight excluding hydrogens is 629 g/mol. The molecule has 0 atom stereocenters. The van der Waals surface area contributed by atoms with Crippen LogP contribution in [-0.4, -0.2) is 9.13 Å². The standard InChI is InChI=1S/C50H36N2/c1-33-12-15-36(16-13-33)38-19-25-41(26-20-38)51-47-11-7-6-10-43(47)45-31-39(21-28-49(45)51)40-22-29-50-46(32-40)44-30-34(2)14-27-48(44)52(50)42-23-17-37(18-24-42)35-8-4-3-5-9-35/h3-32H,1-2H3. The molecule has 52 heavy (non-hydrogen) atoms. The number of hydrogen-bond acceptors (Lipinski definition) is 0. The van der Waals surface area contributed by atoms with Crippen molar-refractivity contribution in [1.82, 2.24) is 9.13 Å². The van der Waals surface area contributed by atoms with Gasteiger partial charge in [0.1, 0.15) is 0 Å². The van der Waals surface area contributed by atoms with Crippen molar-refractivity contribution in [2.24, 2.45) is 0 Å². The lowest BCUT2D eigenvalue weighted by Crippen LogP contribution is -1.94. The fourth-order valence-electron chi connectivity index (χ4n) is 8.01. The Labute approximate surface area is 303 Å². The van der Waals surface area contributed by atoms with E-state index in [1.807, 2.05) is 0 Å². The van der Waals surface area contributed by atoms with Crippen LogP contribution in [0.3, 0.4) is 0 Å². The van der Waals surface area contributed by atoms with E-state index in [-0.39, 0.29) is 0 Å². The van der Waals surface area contributed by atoms with Crippen molar-refractivity contribution in [3.63, 3.8) is 0 Å². The first-order chi connectivity index (χ1) is 25.6. The smallest absolute Gasteiger partial charge is 0.0541 e. The molecule has 10 aromatic rings. The molecule has 246 valence electrons. The predicted molar refractivity (Wildman–Crippen MR) is 221 cm³/mol. The van der Waals surface area contributed by atoms with E-state index in [0.717, 1.165) is 11.4 Å². The van der Waals surface area contributed by atoms with Gasteiger partial charge in [0.2, 0.25) is 0 Å². The van der Waals surface area contributed by atoms with Crippen LogP contribution < -0.4 is 0 Å². The average molecular weight is 665 g/mol. The number of benzene rings is 8. The quantitative estimate of drug-likeness (QED) is 0.173. The van der Waals surface area contributed by atoms with Crippen LogP contribution in [0.5, 0.6) is 0 Å². The first kappa shape index (κ1) is 30.2. The van der Waals surface area contributed by atoms with E-state index < -0.39 is 0 Å². The molecule has 0 spiro atoms. The van der Waals surface area contributed by atoms with Crippen LogP contribution in [-0.2, 0) is 0 Å². The Balaban J connectivity index is 1.08. The first-order valence-electron chi connectivity index (χ1n) is 18.0. The molecule has 2 heteroatoms. The van der Waals surface area contributed by atoms with Crippen LogP contribution >= 0.6 is 0 Å². The summed E-state index contributed by atoms with van der Waals surface area (Å²) in [5, 5.41) is 5.05. The summed E-state index contributed by atoms with van der Waals surface area (Å²) >= 11 is 0. The summed E-state index contributed by atoms with van der Waals surface area (Å²) in [5.41, 5.74) is 17.1. The monoisotopic (exact) mass is 664 g/mol. The largest absolute Gasteiger partial charge is 0.309 e. The molecule has 0 N–H and O–H groups in total. The van der Waals surface area contributed by atoms with Gasteiger partial charge in [0.05, 0.1) is 22.1 Å². The molecule has 8 aromatic carbocycles. The molecule has 2 heterocycles. The fourth-order valence-corrected chi connectivity index (χ4v) is 8.01. The van der Waals surface area contributed by atoms with E-state index in [1.54, 1.807) is 0 Å². The second kappa shape index (κ2) is 12.0. The Morgan fingerprint density at radius 3 is 1.23 bits per heavy atom. The maximum Gasteiger partial charge on any atom is 0.0541 e. The third-order valence-electron chi connectivity index (χ3n) is 10.7. The molecule has 0 saturated heterocycles. The lowest BCUT2D eigenvalue weighted by Gasteiger charge is -2.11. The van der Waals surface area contributed by atoms with E-state index in [4.69, 9.17) is 0 Å². The van der Waals surface area contributed by atoms with Gasteiger partial charge in [-0.05, 0) is 114 Å². The maximum absolute atomic E-state index is 2.41. The maximum atomic E-state index is 2.41. The highest BCUT2D eigenvalue weighted by Gasteiger charge is 2.16. The van der Waals surface area contributed by atoms with E-state index in [1.165, 1.54) is 88.1 Å². The minimum atomic E-state index is 1.16. The van der Waals surface area contributed by atoms with E-state index >= 15 is 0 Å². The zero-order valence-corrected chi connectivity index (χ0v) is 29.2. The van der Waals surface area contributed by atoms with Gasteiger partial charge in [-0.3, -0.25) is 0 Å². The van der Waals surface area contributed by atoms with Crippen molar-refractivity contribution in [2.45, 2.75) is 13.8 Å². The average Bonchev–Trinajstić information content (AvgIpc) is 3.70. The first-order valence-corrected chi connectivity index (χ1v) is 18.0. The number of hydrogen-bond donors (Lipinski definition) is 0. The third kappa shape index (κ3) is 4.95. The molecule has 0 bridgehead atoms. The summed E-state index contributed by atoms with van der Waals surface area (Å²) in [6.45, 7) is 4.31. The molecule has 2 aromatic heterocycles. The summed E-state index contributed by atoms with van der Waals surface area (Å²) in [6.07, 6.45) is 0. The predicted octanol–water partition coefficient (Wildman–Crippen LogP) is 13.5. The topological polar surface area (TPSA) is 9.86 Å². The van der Waals surface area contributed by atoms with E-state index in [2.05, 4.69) is 205 Å². The van der Waals surface area contributed by atoms with Crippen LogP contribution in [0, 0.1) is 13.8 Å². The summed E-state index contributed by atoms with van der Waals surface area (Å²) in [5.74, 6) is 0. The molecule has 2 nitrogen and oxygen atoms in total. The number of aromatic nitrogens is 2. The van der Waals surface area contributed by atoms with Gasteiger partial charge in [0.25, 0.3) is 0 Å². The normalized spacial score (nSPS) is 11.7. The van der Waals surface area contributed by atoms with E-state index in [9.17, 15) is 0 Å². The number of para-hydroxylation sites is 1. The van der Waals surface area contributed by atoms with Gasteiger partial charge in [0.15, 0.2) is 0 Å². The highest BCUT2D eigenvalue weighted by molar-refractivity contribution is 6.12. The van der Waals surface area contributed by atoms with Gasteiger partial charge in [-0.25, -0.2) is 0 Å². The number of aryl methyl sites for hydroxylation is 2. The number of fused-ring (bicyclic) bond motifs is 6. The zero-order chi connectivity index (χ0) is 34.8. The molecule has 0 amide bonds. The van der Waals surface area contributed by atoms with Crippen LogP contribution in [0.4, 0.5) is 0 Å². The number of nitrogens with zero attached hydrogens (tertiary/aromatic N) is 2. The van der Waals surface area contributed by atoms with Gasteiger partial charge in [-0.15, -0.1) is 0 Å². The van der Waals surface area contributed by atoms with Crippen LogP contribution in [0.2, 0.25) is 0 Å². The van der Waals surface area contributed by atoms with Gasteiger partial charge in [-0.2, -0.15) is 0 Å². The lowest BCUT2D eigenvalue weighted by molar-refractivity contribution is 1.18. The second-order valence-corrected chi connectivity index (χ2v) is 14.0. The van der Waals surface area contributed by atoms with Gasteiger partial charge in [0, 0.05) is 32.9 Å². The molecular formula is C50H36N2. The fraction of sp³-hybridized carbons (Fsp3) is 0.0400. The number of rotatable bonds is 5. The third-order valence-corrected chi connectivity index (χ3v) is 10.7. The van der Waals surface area contributed by atoms with Gasteiger partial charge < -0.3 is 9.13 Å². The summed E-state index contributed by atoms with van der Waals surface area (Å²) in [6, 6.07) is 66.8.